The van der Waals surface area contributed by atoms with E-state index in [0.717, 1.165) is 4.57 Å². The number of benzene rings is 1. The summed E-state index contributed by atoms with van der Waals surface area (Å²) in [6.45, 7) is 2.56. The number of carboxylic acids is 1. The van der Waals surface area contributed by atoms with Gasteiger partial charge in [0.05, 0.1) is 5.52 Å². The van der Waals surface area contributed by atoms with E-state index in [4.69, 9.17) is 9.84 Å². The van der Waals surface area contributed by atoms with E-state index in [-0.39, 0.29) is 5.69 Å². The summed E-state index contributed by atoms with van der Waals surface area (Å²) in [6.07, 6.45) is 0. The van der Waals surface area contributed by atoms with Crippen LogP contribution in [0.1, 0.15) is 29.1 Å². The van der Waals surface area contributed by atoms with Crippen molar-refractivity contribution in [2.24, 2.45) is 0 Å². The average Bonchev–Trinajstić information content (AvgIpc) is 2.66. The van der Waals surface area contributed by atoms with Gasteiger partial charge in [0.1, 0.15) is 11.4 Å². The van der Waals surface area contributed by atoms with Crippen molar-refractivity contribution >= 4 is 28.7 Å². The molecule has 1 N–H and O–H groups in total. The Bertz CT molecular complexity index is 698. The molecule has 2 aromatic rings. The number of carbonyl (C=O) groups excluding carboxylic acids is 2. The molecule has 6 nitrogen and oxygen atoms in total. The summed E-state index contributed by atoms with van der Waals surface area (Å²) in [5, 5.41) is 9.59. The van der Waals surface area contributed by atoms with E-state index in [0.29, 0.717) is 16.7 Å². The first-order valence-corrected chi connectivity index (χ1v) is 5.48. The third kappa shape index (κ3) is 2.33. The molecule has 0 radical (unpaired) electrons. The lowest BCUT2D eigenvalue weighted by atomic mass is 10.2. The van der Waals surface area contributed by atoms with Crippen LogP contribution in [0.5, 0.6) is 5.75 Å². The first kappa shape index (κ1) is 12.8. The highest BCUT2D eigenvalue weighted by Crippen LogP contribution is 2.25. The van der Waals surface area contributed by atoms with Crippen molar-refractivity contribution in [3.63, 3.8) is 0 Å². The van der Waals surface area contributed by atoms with Crippen molar-refractivity contribution in [2.45, 2.75) is 13.8 Å². The van der Waals surface area contributed by atoms with E-state index in [9.17, 15) is 14.4 Å². The summed E-state index contributed by atoms with van der Waals surface area (Å²) in [7, 11) is 0. The van der Waals surface area contributed by atoms with Crippen molar-refractivity contribution in [3.05, 3.63) is 30.0 Å². The highest BCUT2D eigenvalue weighted by atomic mass is 16.5. The fraction of sp³-hybridized carbons (Fsp3) is 0.154. The molecule has 0 saturated carbocycles. The maximum atomic E-state index is 11.5. The second-order valence-electron chi connectivity index (χ2n) is 4.00. The van der Waals surface area contributed by atoms with Gasteiger partial charge in [0.15, 0.2) is 0 Å². The van der Waals surface area contributed by atoms with E-state index in [1.54, 1.807) is 6.07 Å². The van der Waals surface area contributed by atoms with E-state index in [1.165, 1.54) is 32.0 Å². The van der Waals surface area contributed by atoms with Crippen LogP contribution < -0.4 is 4.74 Å². The van der Waals surface area contributed by atoms with Crippen molar-refractivity contribution in [2.75, 3.05) is 0 Å². The molecule has 0 unspecified atom stereocenters. The Morgan fingerprint density at radius 3 is 2.37 bits per heavy atom. The van der Waals surface area contributed by atoms with Crippen LogP contribution >= 0.6 is 0 Å². The molecule has 2 rings (SSSR count). The summed E-state index contributed by atoms with van der Waals surface area (Å²) < 4.78 is 6.02. The van der Waals surface area contributed by atoms with Crippen LogP contribution in [0, 0.1) is 0 Å². The topological polar surface area (TPSA) is 85.6 Å². The van der Waals surface area contributed by atoms with Crippen LogP contribution in [-0.2, 0) is 4.79 Å². The predicted octanol–water partition coefficient (Wildman–Crippen LogP) is 1.92. The van der Waals surface area contributed by atoms with Gasteiger partial charge in [-0.3, -0.25) is 14.2 Å². The summed E-state index contributed by atoms with van der Waals surface area (Å²) in [4.78, 5) is 33.5. The molecule has 19 heavy (non-hydrogen) atoms. The summed E-state index contributed by atoms with van der Waals surface area (Å²) in [5.41, 5.74) is 0.336. The fourth-order valence-electron chi connectivity index (χ4n) is 1.92. The predicted molar refractivity (Wildman–Crippen MR) is 66.5 cm³/mol. The maximum absolute atomic E-state index is 11.5. The van der Waals surface area contributed by atoms with Crippen molar-refractivity contribution in [1.29, 1.82) is 0 Å². The normalized spacial score (nSPS) is 10.4. The number of carboxylic acid groups (broad SMARTS) is 1. The van der Waals surface area contributed by atoms with Gasteiger partial charge in [-0.05, 0) is 24.3 Å². The first-order chi connectivity index (χ1) is 8.90. The van der Waals surface area contributed by atoms with E-state index in [1.807, 2.05) is 0 Å². The number of aromatic nitrogens is 1. The number of rotatable bonds is 2. The van der Waals surface area contributed by atoms with Crippen molar-refractivity contribution in [1.82, 2.24) is 4.57 Å². The molecular formula is C13H11NO5. The van der Waals surface area contributed by atoms with Crippen LogP contribution in [-0.4, -0.2) is 27.5 Å². The molecule has 0 saturated heterocycles. The highest BCUT2D eigenvalue weighted by Gasteiger charge is 2.17. The molecular weight excluding hydrogens is 250 g/mol. The lowest BCUT2D eigenvalue weighted by Gasteiger charge is -2.04. The minimum absolute atomic E-state index is 0.123. The number of nitrogens with zero attached hydrogens (tertiary/aromatic N) is 1. The van der Waals surface area contributed by atoms with Crippen LogP contribution in [0.25, 0.3) is 10.9 Å². The molecule has 98 valence electrons. The number of aromatic carboxylic acids is 1. The molecule has 0 aliphatic heterocycles. The molecule has 0 spiro atoms. The molecule has 0 fully saturated rings. The number of carbonyl (C=O) groups is 3. The highest BCUT2D eigenvalue weighted by molar-refractivity contribution is 6.02. The Labute approximate surface area is 108 Å². The minimum atomic E-state index is -1.19. The van der Waals surface area contributed by atoms with Crippen LogP contribution in [0.4, 0.5) is 0 Å². The molecule has 0 aliphatic carbocycles. The summed E-state index contributed by atoms with van der Waals surface area (Å²) in [6, 6.07) is 5.94. The van der Waals surface area contributed by atoms with Gasteiger partial charge in [-0.15, -0.1) is 0 Å². The smallest absolute Gasteiger partial charge is 0.352 e. The molecule has 1 heterocycles. The van der Waals surface area contributed by atoms with E-state index < -0.39 is 17.8 Å². The van der Waals surface area contributed by atoms with Gasteiger partial charge in [0.25, 0.3) is 0 Å². The second-order valence-corrected chi connectivity index (χ2v) is 4.00. The molecule has 6 heteroatoms. The lowest BCUT2D eigenvalue weighted by Crippen LogP contribution is -2.13. The number of hydrogen-bond acceptors (Lipinski definition) is 4. The zero-order valence-corrected chi connectivity index (χ0v) is 10.3. The van der Waals surface area contributed by atoms with Gasteiger partial charge in [-0.25, -0.2) is 4.79 Å². The van der Waals surface area contributed by atoms with Gasteiger partial charge in [0, 0.05) is 19.2 Å². The molecule has 0 amide bonds. The Morgan fingerprint density at radius 2 is 1.84 bits per heavy atom. The van der Waals surface area contributed by atoms with Crippen molar-refractivity contribution in [3.8, 4) is 5.75 Å². The summed E-state index contributed by atoms with van der Waals surface area (Å²) in [5.74, 6) is -1.76. The standard InChI is InChI=1S/C13H11NO5/c1-7(15)14-11-4-3-10(19-8(2)16)5-9(11)6-12(14)13(17)18/h3-6H,1-2H3,(H,17,18). The van der Waals surface area contributed by atoms with Gasteiger partial charge >= 0.3 is 11.9 Å². The number of esters is 1. The molecule has 1 aromatic heterocycles. The average molecular weight is 261 g/mol. The lowest BCUT2D eigenvalue weighted by molar-refractivity contribution is -0.131. The third-order valence-electron chi connectivity index (χ3n) is 2.57. The quantitative estimate of drug-likeness (QED) is 0.659. The van der Waals surface area contributed by atoms with E-state index in [2.05, 4.69) is 0 Å². The summed E-state index contributed by atoms with van der Waals surface area (Å²) >= 11 is 0. The Kier molecular flexibility index (Phi) is 3.08. The largest absolute Gasteiger partial charge is 0.477 e. The Balaban J connectivity index is 2.65. The zero-order chi connectivity index (χ0) is 14.2. The Hall–Kier alpha value is -2.63. The van der Waals surface area contributed by atoms with Gasteiger partial charge < -0.3 is 9.84 Å². The van der Waals surface area contributed by atoms with E-state index >= 15 is 0 Å². The van der Waals surface area contributed by atoms with Crippen LogP contribution in [0.3, 0.4) is 0 Å². The van der Waals surface area contributed by atoms with Gasteiger partial charge in [-0.1, -0.05) is 0 Å². The monoisotopic (exact) mass is 261 g/mol. The zero-order valence-electron chi connectivity index (χ0n) is 10.3. The van der Waals surface area contributed by atoms with Gasteiger partial charge in [-0.2, -0.15) is 0 Å². The van der Waals surface area contributed by atoms with Crippen molar-refractivity contribution < 1.29 is 24.2 Å². The molecule has 0 bridgehead atoms. The SMILES string of the molecule is CC(=O)Oc1ccc2c(c1)cc(C(=O)O)n2C(C)=O. The number of hydrogen-bond donors (Lipinski definition) is 1. The Morgan fingerprint density at radius 1 is 1.16 bits per heavy atom. The fourth-order valence-corrected chi connectivity index (χ4v) is 1.92. The minimum Gasteiger partial charge on any atom is -0.477 e. The number of fused-ring (bicyclic) bond motifs is 1. The maximum Gasteiger partial charge on any atom is 0.352 e. The first-order valence-electron chi connectivity index (χ1n) is 5.48. The third-order valence-corrected chi connectivity index (χ3v) is 2.57. The molecule has 0 atom stereocenters. The number of ether oxygens (including phenoxy) is 1. The van der Waals surface area contributed by atoms with Gasteiger partial charge in [0.2, 0.25) is 5.91 Å². The van der Waals surface area contributed by atoms with Crippen LogP contribution in [0.2, 0.25) is 0 Å². The van der Waals surface area contributed by atoms with Crippen LogP contribution in [0.15, 0.2) is 24.3 Å². The molecule has 0 aliphatic rings. The molecule has 1 aromatic carbocycles. The second kappa shape index (κ2) is 4.56.